The summed E-state index contributed by atoms with van der Waals surface area (Å²) in [7, 11) is 5.97. The van der Waals surface area contributed by atoms with Crippen molar-refractivity contribution >= 4 is 34.9 Å². The van der Waals surface area contributed by atoms with E-state index < -0.39 is 0 Å². The SMILES string of the molecule is Cc1c(N(C(=O)c2cc(-c3cc4c(cc3C(=O)N3Cc5ccccc5CC3CN3CCCC(C)C3)CN(C(=O)Cc3ccc(OCCN(C)C5CC5)cc3)CC4)n(C)c2C)c2ccc(O)cc2)cc(N)n1C. The van der Waals surface area contributed by atoms with Crippen molar-refractivity contribution in [3.8, 4) is 22.8 Å². The second-order valence-electron chi connectivity index (χ2n) is 21.0. The summed E-state index contributed by atoms with van der Waals surface area (Å²) >= 11 is 0. The Kier molecular flexibility index (Phi) is 13.8. The highest BCUT2D eigenvalue weighted by atomic mass is 16.5. The predicted octanol–water partition coefficient (Wildman–Crippen LogP) is 8.81. The van der Waals surface area contributed by atoms with Gasteiger partial charge in [0.1, 0.15) is 23.9 Å². The zero-order valence-electron chi connectivity index (χ0n) is 42.9. The lowest BCUT2D eigenvalue weighted by Gasteiger charge is -2.41. The van der Waals surface area contributed by atoms with E-state index in [1.54, 1.807) is 35.2 Å². The van der Waals surface area contributed by atoms with E-state index in [1.807, 2.05) is 78.4 Å². The van der Waals surface area contributed by atoms with Crippen molar-refractivity contribution in [3.05, 3.63) is 147 Å². The van der Waals surface area contributed by atoms with Crippen LogP contribution in [-0.4, -0.2) is 110 Å². The molecule has 1 saturated heterocycles. The normalized spacial score (nSPS) is 18.0. The molecule has 6 aromatic rings. The number of aromatic nitrogens is 2. The number of piperidine rings is 1. The lowest BCUT2D eigenvalue weighted by molar-refractivity contribution is -0.131. The molecule has 0 radical (unpaired) electrons. The van der Waals surface area contributed by atoms with Crippen LogP contribution in [0.25, 0.3) is 11.3 Å². The molecule has 2 atom stereocenters. The van der Waals surface area contributed by atoms with Crippen LogP contribution in [0.4, 0.5) is 17.2 Å². The molecule has 1 aliphatic carbocycles. The lowest BCUT2D eigenvalue weighted by Crippen LogP contribution is -2.51. The summed E-state index contributed by atoms with van der Waals surface area (Å²) in [5.74, 6) is 1.72. The third kappa shape index (κ3) is 10.0. The number of ether oxygens (including phenoxy) is 1. The Morgan fingerprint density at radius 3 is 2.26 bits per heavy atom. The number of nitrogens with zero attached hydrogens (tertiary/aromatic N) is 7. The molecule has 2 unspecified atom stereocenters. The van der Waals surface area contributed by atoms with E-state index in [0.717, 1.165) is 89.7 Å². The number of nitrogens with two attached hydrogens (primary N) is 1. The zero-order chi connectivity index (χ0) is 50.4. The van der Waals surface area contributed by atoms with E-state index in [-0.39, 0.29) is 35.9 Å². The zero-order valence-corrected chi connectivity index (χ0v) is 42.9. The number of rotatable bonds is 14. The van der Waals surface area contributed by atoms with Gasteiger partial charge in [-0.1, -0.05) is 43.3 Å². The summed E-state index contributed by atoms with van der Waals surface area (Å²) in [6.45, 7) is 11.9. The van der Waals surface area contributed by atoms with Gasteiger partial charge in [-0.05, 0) is 154 Å². The largest absolute Gasteiger partial charge is 0.508 e. The number of likely N-dealkylation sites (tertiary alicyclic amines) is 1. The topological polar surface area (TPSA) is 133 Å². The van der Waals surface area contributed by atoms with Crippen molar-refractivity contribution in [1.82, 2.24) is 28.7 Å². The number of phenols is 1. The van der Waals surface area contributed by atoms with Crippen LogP contribution in [-0.2, 0) is 51.2 Å². The fraction of sp³-hybridized carbons (Fsp3) is 0.407. The number of carbonyl (C=O) groups excluding carboxylic acids is 3. The van der Waals surface area contributed by atoms with Gasteiger partial charge < -0.3 is 44.3 Å². The van der Waals surface area contributed by atoms with Gasteiger partial charge in [-0.3, -0.25) is 19.3 Å². The molecule has 0 bridgehead atoms. The Hall–Kier alpha value is -6.83. The number of phenolic OH excluding ortho intramolecular Hbond substituents is 1. The van der Waals surface area contributed by atoms with E-state index in [0.29, 0.717) is 72.9 Å². The minimum Gasteiger partial charge on any atom is -0.508 e. The minimum atomic E-state index is -0.268. The van der Waals surface area contributed by atoms with E-state index in [4.69, 9.17) is 10.5 Å². The molecule has 72 heavy (non-hydrogen) atoms. The average molecular weight is 971 g/mol. The number of benzene rings is 4. The van der Waals surface area contributed by atoms with Crippen LogP contribution in [0.2, 0.25) is 0 Å². The quantitative estimate of drug-likeness (QED) is 0.111. The van der Waals surface area contributed by atoms with Crippen molar-refractivity contribution < 1.29 is 24.2 Å². The number of likely N-dealkylation sites (N-methyl/N-ethyl adjacent to an activating group) is 1. The molecule has 3 N–H and O–H groups in total. The third-order valence-electron chi connectivity index (χ3n) is 16.1. The maximum absolute atomic E-state index is 15.8. The Bertz CT molecular complexity index is 2990. The maximum atomic E-state index is 15.8. The Morgan fingerprint density at radius 1 is 0.806 bits per heavy atom. The third-order valence-corrected chi connectivity index (χ3v) is 16.1. The van der Waals surface area contributed by atoms with Crippen LogP contribution in [0.5, 0.6) is 11.5 Å². The van der Waals surface area contributed by atoms with Gasteiger partial charge in [0.15, 0.2) is 0 Å². The Balaban J connectivity index is 0.994. The first kappa shape index (κ1) is 48.8. The van der Waals surface area contributed by atoms with Gasteiger partial charge in [0.05, 0.1) is 17.7 Å². The first-order chi connectivity index (χ1) is 34.7. The van der Waals surface area contributed by atoms with Gasteiger partial charge in [-0.25, -0.2) is 0 Å². The van der Waals surface area contributed by atoms with E-state index in [2.05, 4.69) is 59.0 Å². The average Bonchev–Trinajstić information content (AvgIpc) is 4.15. The van der Waals surface area contributed by atoms with Crippen molar-refractivity contribution in [2.24, 2.45) is 20.0 Å². The molecule has 4 aromatic carbocycles. The fourth-order valence-electron chi connectivity index (χ4n) is 11.3. The van der Waals surface area contributed by atoms with Crippen molar-refractivity contribution in [2.75, 3.05) is 57.0 Å². The second kappa shape index (κ2) is 20.4. The number of nitrogen functional groups attached to an aromatic ring is 1. The first-order valence-electron chi connectivity index (χ1n) is 25.9. The summed E-state index contributed by atoms with van der Waals surface area (Å²) in [6, 6.07) is 31.5. The number of aromatic hydroxyl groups is 1. The molecule has 2 aromatic heterocycles. The molecule has 13 nitrogen and oxygen atoms in total. The molecule has 4 aliphatic rings. The van der Waals surface area contributed by atoms with Crippen LogP contribution in [0.15, 0.2) is 97.1 Å². The predicted molar refractivity (Wildman–Crippen MR) is 284 cm³/mol. The highest BCUT2D eigenvalue weighted by molar-refractivity contribution is 6.13. The second-order valence-corrected chi connectivity index (χ2v) is 21.0. The summed E-state index contributed by atoms with van der Waals surface area (Å²) in [5, 5.41) is 10.3. The lowest BCUT2D eigenvalue weighted by atomic mass is 9.89. The van der Waals surface area contributed by atoms with Crippen molar-refractivity contribution in [1.29, 1.82) is 0 Å². The van der Waals surface area contributed by atoms with Crippen molar-refractivity contribution in [3.63, 3.8) is 0 Å². The van der Waals surface area contributed by atoms with Crippen LogP contribution < -0.4 is 15.4 Å². The standard InChI is InChI=1S/C59H70N8O5/c1-38-10-9-24-64(34-38)37-48-29-42-11-7-8-12-44(42)36-66(48)58(70)53-31-45-35-65(57(69)28-41-13-21-50(22-14-41)72-27-26-61(4)46-15-16-46)25-23-43(45)30-52(53)55-32-51(39(2)62(55)5)59(71)67(47-17-19-49(68)20-18-47)54-33-56(60)63(6)40(54)3/h7-8,11-14,17-22,30-33,38,46,48,68H,9-10,15-16,23-29,34-37,60H2,1-6H3. The molecule has 0 spiro atoms. The van der Waals surface area contributed by atoms with E-state index in [1.165, 1.54) is 24.8 Å². The summed E-state index contributed by atoms with van der Waals surface area (Å²) < 4.78 is 9.90. The number of hydrogen-bond donors (Lipinski definition) is 2. The summed E-state index contributed by atoms with van der Waals surface area (Å²) in [4.78, 5) is 55.7. The molecule has 376 valence electrons. The molecule has 3 aliphatic heterocycles. The Labute approximate surface area is 424 Å². The van der Waals surface area contributed by atoms with Gasteiger partial charge >= 0.3 is 0 Å². The van der Waals surface area contributed by atoms with Gasteiger partial charge in [-0.15, -0.1) is 0 Å². The number of amides is 3. The molecule has 1 saturated carbocycles. The number of hydrogen-bond acceptors (Lipinski definition) is 8. The molecule has 5 heterocycles. The molecule has 13 heteroatoms. The van der Waals surface area contributed by atoms with Crippen LogP contribution in [0.1, 0.15) is 92.5 Å². The van der Waals surface area contributed by atoms with Gasteiger partial charge in [0.2, 0.25) is 5.91 Å². The molecule has 3 amide bonds. The molecular formula is C59H70N8O5. The van der Waals surface area contributed by atoms with E-state index >= 15 is 9.59 Å². The number of anilines is 3. The van der Waals surface area contributed by atoms with E-state index in [9.17, 15) is 9.90 Å². The maximum Gasteiger partial charge on any atom is 0.264 e. The van der Waals surface area contributed by atoms with Gasteiger partial charge in [0.25, 0.3) is 11.8 Å². The smallest absolute Gasteiger partial charge is 0.264 e. The molecule has 2 fully saturated rings. The molecular weight excluding hydrogens is 901 g/mol. The van der Waals surface area contributed by atoms with Gasteiger partial charge in [-0.2, -0.15) is 0 Å². The van der Waals surface area contributed by atoms with Crippen LogP contribution in [0, 0.1) is 19.8 Å². The first-order valence-corrected chi connectivity index (χ1v) is 25.9. The monoisotopic (exact) mass is 971 g/mol. The van der Waals surface area contributed by atoms with Crippen LogP contribution >= 0.6 is 0 Å². The number of carbonyl (C=O) groups is 3. The Morgan fingerprint density at radius 2 is 1.56 bits per heavy atom. The summed E-state index contributed by atoms with van der Waals surface area (Å²) in [6.07, 6.45) is 6.55. The fourth-order valence-corrected chi connectivity index (χ4v) is 11.3. The highest BCUT2D eigenvalue weighted by Gasteiger charge is 2.36. The number of fused-ring (bicyclic) bond motifs is 2. The summed E-state index contributed by atoms with van der Waals surface area (Å²) in [5.41, 5.74) is 17.1. The van der Waals surface area contributed by atoms with Crippen molar-refractivity contribution in [2.45, 2.75) is 90.9 Å². The minimum absolute atomic E-state index is 0.0376. The highest BCUT2D eigenvalue weighted by Crippen LogP contribution is 2.39. The van der Waals surface area contributed by atoms with Crippen LogP contribution in [0.3, 0.4) is 0 Å². The molecule has 10 rings (SSSR count). The van der Waals surface area contributed by atoms with Gasteiger partial charge in [0, 0.05) is 105 Å².